The quantitative estimate of drug-likeness (QED) is 0.847. The summed E-state index contributed by atoms with van der Waals surface area (Å²) in [4.78, 5) is 13.0. The van der Waals surface area contributed by atoms with Gasteiger partial charge in [0.1, 0.15) is 5.82 Å². The molecule has 0 aliphatic carbocycles. The van der Waals surface area contributed by atoms with Crippen LogP contribution in [-0.4, -0.2) is 29.1 Å². The van der Waals surface area contributed by atoms with Crippen molar-refractivity contribution in [2.24, 2.45) is 0 Å². The van der Waals surface area contributed by atoms with Crippen molar-refractivity contribution in [3.8, 4) is 0 Å². The molecule has 1 aromatic carbocycles. The van der Waals surface area contributed by atoms with Gasteiger partial charge in [0.05, 0.1) is 6.42 Å². The van der Waals surface area contributed by atoms with Crippen LogP contribution >= 0.6 is 0 Å². The summed E-state index contributed by atoms with van der Waals surface area (Å²) in [6.07, 6.45) is 0.0345. The third kappa shape index (κ3) is 3.53. The van der Waals surface area contributed by atoms with Gasteiger partial charge in [0.25, 0.3) is 0 Å². The van der Waals surface area contributed by atoms with E-state index in [0.717, 1.165) is 18.7 Å². The van der Waals surface area contributed by atoms with Crippen molar-refractivity contribution in [1.29, 1.82) is 0 Å². The van der Waals surface area contributed by atoms with Gasteiger partial charge in [0, 0.05) is 6.04 Å². The summed E-state index contributed by atoms with van der Waals surface area (Å²) in [7, 11) is 0. The molecule has 0 aliphatic heterocycles. The van der Waals surface area contributed by atoms with E-state index in [1.807, 2.05) is 13.8 Å². The lowest BCUT2D eigenvalue weighted by Crippen LogP contribution is -2.30. The van der Waals surface area contributed by atoms with Gasteiger partial charge in [-0.15, -0.1) is 0 Å². The molecule has 4 heteroatoms. The van der Waals surface area contributed by atoms with Crippen LogP contribution in [0, 0.1) is 12.7 Å². The van der Waals surface area contributed by atoms with E-state index in [9.17, 15) is 9.18 Å². The van der Waals surface area contributed by atoms with E-state index in [1.165, 1.54) is 6.07 Å². The van der Waals surface area contributed by atoms with E-state index in [2.05, 4.69) is 4.90 Å². The van der Waals surface area contributed by atoms with Gasteiger partial charge in [0.15, 0.2) is 0 Å². The minimum Gasteiger partial charge on any atom is -0.481 e. The Hall–Kier alpha value is -1.42. The lowest BCUT2D eigenvalue weighted by atomic mass is 9.99. The summed E-state index contributed by atoms with van der Waals surface area (Å²) >= 11 is 0. The molecule has 1 rings (SSSR count). The number of hydrogen-bond acceptors (Lipinski definition) is 2. The highest BCUT2D eigenvalue weighted by Gasteiger charge is 2.21. The molecule has 0 aromatic heterocycles. The first-order valence-corrected chi connectivity index (χ1v) is 6.21. The Morgan fingerprint density at radius 3 is 2.44 bits per heavy atom. The fourth-order valence-electron chi connectivity index (χ4n) is 2.16. The molecule has 0 fully saturated rings. The van der Waals surface area contributed by atoms with Gasteiger partial charge < -0.3 is 5.11 Å². The molecule has 0 aliphatic rings. The number of halogens is 1. The second kappa shape index (κ2) is 6.50. The number of benzene rings is 1. The molecule has 100 valence electrons. The third-order valence-electron chi connectivity index (χ3n) is 3.19. The van der Waals surface area contributed by atoms with E-state index >= 15 is 0 Å². The maximum Gasteiger partial charge on any atom is 0.305 e. The number of carboxylic acid groups (broad SMARTS) is 1. The van der Waals surface area contributed by atoms with Crippen LogP contribution in [0.1, 0.15) is 37.4 Å². The monoisotopic (exact) mass is 253 g/mol. The summed E-state index contributed by atoms with van der Waals surface area (Å²) in [5.74, 6) is -1.10. The molecule has 0 bridgehead atoms. The van der Waals surface area contributed by atoms with Gasteiger partial charge in [-0.2, -0.15) is 0 Å². The van der Waals surface area contributed by atoms with Crippen LogP contribution in [-0.2, 0) is 4.79 Å². The summed E-state index contributed by atoms with van der Waals surface area (Å²) in [6, 6.07) is 4.62. The van der Waals surface area contributed by atoms with Gasteiger partial charge in [-0.1, -0.05) is 26.0 Å². The molecule has 1 atom stereocenters. The Morgan fingerprint density at radius 1 is 1.39 bits per heavy atom. The third-order valence-corrected chi connectivity index (χ3v) is 3.19. The number of aryl methyl sites for hydroxylation is 1. The topological polar surface area (TPSA) is 40.5 Å². The van der Waals surface area contributed by atoms with Gasteiger partial charge in [-0.25, -0.2) is 4.39 Å². The second-order valence-electron chi connectivity index (χ2n) is 4.34. The SMILES string of the molecule is CCN(CC)C(CC(=O)O)c1ccc(F)c(C)c1. The Balaban J connectivity index is 3.07. The number of aliphatic carboxylic acids is 1. The smallest absolute Gasteiger partial charge is 0.305 e. The van der Waals surface area contributed by atoms with Crippen molar-refractivity contribution in [3.05, 3.63) is 35.1 Å². The van der Waals surface area contributed by atoms with Crippen LogP contribution in [0.15, 0.2) is 18.2 Å². The zero-order valence-electron chi connectivity index (χ0n) is 11.1. The summed E-state index contributed by atoms with van der Waals surface area (Å²) < 4.78 is 13.3. The number of hydrogen-bond donors (Lipinski definition) is 1. The van der Waals surface area contributed by atoms with Crippen LogP contribution in [0.2, 0.25) is 0 Å². The fraction of sp³-hybridized carbons (Fsp3) is 0.500. The molecule has 3 nitrogen and oxygen atoms in total. The summed E-state index contributed by atoms with van der Waals surface area (Å²) in [5, 5.41) is 9.01. The van der Waals surface area contributed by atoms with E-state index < -0.39 is 5.97 Å². The van der Waals surface area contributed by atoms with Crippen molar-refractivity contribution < 1.29 is 14.3 Å². The Kier molecular flexibility index (Phi) is 5.28. The van der Waals surface area contributed by atoms with Crippen LogP contribution in [0.4, 0.5) is 4.39 Å². The number of carboxylic acids is 1. The lowest BCUT2D eigenvalue weighted by Gasteiger charge is -2.29. The molecular weight excluding hydrogens is 233 g/mol. The number of nitrogens with zero attached hydrogens (tertiary/aromatic N) is 1. The van der Waals surface area contributed by atoms with Gasteiger partial charge >= 0.3 is 5.97 Å². The molecule has 18 heavy (non-hydrogen) atoms. The first-order valence-electron chi connectivity index (χ1n) is 6.21. The summed E-state index contributed by atoms with van der Waals surface area (Å²) in [6.45, 7) is 7.22. The molecule has 0 saturated heterocycles. The van der Waals surface area contributed by atoms with Crippen molar-refractivity contribution in [3.63, 3.8) is 0 Å². The van der Waals surface area contributed by atoms with Crippen LogP contribution in [0.25, 0.3) is 0 Å². The fourth-order valence-corrected chi connectivity index (χ4v) is 2.16. The molecule has 0 radical (unpaired) electrons. The highest BCUT2D eigenvalue weighted by molar-refractivity contribution is 5.68. The predicted molar refractivity (Wildman–Crippen MR) is 69.1 cm³/mol. The molecule has 1 N–H and O–H groups in total. The lowest BCUT2D eigenvalue weighted by molar-refractivity contribution is -0.138. The van der Waals surface area contributed by atoms with E-state index in [1.54, 1.807) is 19.1 Å². The highest BCUT2D eigenvalue weighted by atomic mass is 19.1. The first kappa shape index (κ1) is 14.6. The molecule has 1 unspecified atom stereocenters. The van der Waals surface area contributed by atoms with Crippen molar-refractivity contribution >= 4 is 5.97 Å². The zero-order chi connectivity index (χ0) is 13.7. The minimum atomic E-state index is -0.839. The average Bonchev–Trinajstić information content (AvgIpc) is 2.32. The van der Waals surface area contributed by atoms with Gasteiger partial charge in [-0.3, -0.25) is 9.69 Å². The number of rotatable bonds is 6. The molecular formula is C14H20FNO2. The average molecular weight is 253 g/mol. The Bertz CT molecular complexity index is 416. The van der Waals surface area contributed by atoms with Gasteiger partial charge in [-0.05, 0) is 37.2 Å². The van der Waals surface area contributed by atoms with E-state index in [-0.39, 0.29) is 18.3 Å². The van der Waals surface area contributed by atoms with E-state index in [0.29, 0.717) is 5.56 Å². The summed E-state index contributed by atoms with van der Waals surface area (Å²) in [5.41, 5.74) is 1.41. The normalized spacial score (nSPS) is 12.7. The largest absolute Gasteiger partial charge is 0.481 e. The standard InChI is InChI=1S/C14H20FNO2/c1-4-16(5-2)13(9-14(17)18)11-6-7-12(15)10(3)8-11/h6-8,13H,4-5,9H2,1-3H3,(H,17,18). The Morgan fingerprint density at radius 2 is 2.00 bits per heavy atom. The van der Waals surface area contributed by atoms with E-state index in [4.69, 9.17) is 5.11 Å². The van der Waals surface area contributed by atoms with Crippen LogP contribution in [0.5, 0.6) is 0 Å². The molecule has 0 amide bonds. The maximum atomic E-state index is 13.3. The number of carbonyl (C=O) groups is 1. The van der Waals surface area contributed by atoms with Crippen molar-refractivity contribution in [2.75, 3.05) is 13.1 Å². The molecule has 0 saturated carbocycles. The predicted octanol–water partition coefficient (Wildman–Crippen LogP) is 2.99. The first-order chi connectivity index (χ1) is 8.49. The van der Waals surface area contributed by atoms with Crippen LogP contribution in [0.3, 0.4) is 0 Å². The highest BCUT2D eigenvalue weighted by Crippen LogP contribution is 2.25. The van der Waals surface area contributed by atoms with Crippen molar-refractivity contribution in [2.45, 2.75) is 33.2 Å². The molecule has 1 aromatic rings. The zero-order valence-corrected chi connectivity index (χ0v) is 11.1. The molecule has 0 heterocycles. The Labute approximate surface area is 107 Å². The van der Waals surface area contributed by atoms with Gasteiger partial charge in [0.2, 0.25) is 0 Å². The second-order valence-corrected chi connectivity index (χ2v) is 4.34. The minimum absolute atomic E-state index is 0.0345. The maximum absolute atomic E-state index is 13.3. The van der Waals surface area contributed by atoms with Crippen molar-refractivity contribution in [1.82, 2.24) is 4.90 Å². The van der Waals surface area contributed by atoms with Crippen LogP contribution < -0.4 is 0 Å². The molecule has 0 spiro atoms.